The molecule has 0 bridgehead atoms. The number of methoxy groups -OCH3 is 1. The molecule has 1 fully saturated rings. The number of hydrogen-bond acceptors (Lipinski definition) is 6. The van der Waals surface area contributed by atoms with Gasteiger partial charge in [0.05, 0.1) is 12.2 Å². The molecule has 2 rings (SSSR count). The first kappa shape index (κ1) is 15.5. The number of benzene rings is 1. The van der Waals surface area contributed by atoms with Crippen LogP contribution in [-0.4, -0.2) is 50.6 Å². The molecule has 6 heteroatoms. The molecule has 6 nitrogen and oxygen atoms in total. The second-order valence-corrected chi connectivity index (χ2v) is 4.68. The summed E-state index contributed by atoms with van der Waals surface area (Å²) in [4.78, 5) is 22.9. The van der Waals surface area contributed by atoms with E-state index in [0.29, 0.717) is 5.56 Å². The maximum absolute atomic E-state index is 11.9. The topological polar surface area (TPSA) is 71.1 Å². The van der Waals surface area contributed by atoms with E-state index in [1.807, 2.05) is 6.07 Å². The zero-order chi connectivity index (χ0) is 15.2. The van der Waals surface area contributed by atoms with E-state index >= 15 is 0 Å². The second-order valence-electron chi connectivity index (χ2n) is 4.68. The summed E-state index contributed by atoms with van der Waals surface area (Å²) in [6.45, 7) is 1.60. The van der Waals surface area contributed by atoms with Crippen LogP contribution in [-0.2, 0) is 23.7 Å². The SMILES string of the molecule is COC1C(OC(C)=O)CO[C@@H]1COC(=O)c1ccccc1. The Bertz CT molecular complexity index is 486. The van der Waals surface area contributed by atoms with Crippen molar-refractivity contribution in [1.29, 1.82) is 0 Å². The van der Waals surface area contributed by atoms with E-state index in [0.717, 1.165) is 0 Å². The molecule has 1 aliphatic rings. The highest BCUT2D eigenvalue weighted by atomic mass is 16.6. The van der Waals surface area contributed by atoms with Gasteiger partial charge < -0.3 is 18.9 Å². The lowest BCUT2D eigenvalue weighted by Crippen LogP contribution is -2.37. The van der Waals surface area contributed by atoms with Crippen molar-refractivity contribution in [3.8, 4) is 0 Å². The number of ether oxygens (including phenoxy) is 4. The molecule has 0 radical (unpaired) electrons. The van der Waals surface area contributed by atoms with E-state index in [-0.39, 0.29) is 13.2 Å². The highest BCUT2D eigenvalue weighted by Gasteiger charge is 2.40. The highest BCUT2D eigenvalue weighted by Crippen LogP contribution is 2.21. The average molecular weight is 294 g/mol. The van der Waals surface area contributed by atoms with Crippen molar-refractivity contribution < 1.29 is 28.5 Å². The maximum atomic E-state index is 11.9. The van der Waals surface area contributed by atoms with Crippen LogP contribution < -0.4 is 0 Å². The third kappa shape index (κ3) is 4.03. The van der Waals surface area contributed by atoms with Crippen molar-refractivity contribution in [1.82, 2.24) is 0 Å². The van der Waals surface area contributed by atoms with Crippen molar-refractivity contribution in [3.63, 3.8) is 0 Å². The van der Waals surface area contributed by atoms with Crippen LogP contribution in [0, 0.1) is 0 Å². The number of esters is 2. The second kappa shape index (κ2) is 7.19. The minimum Gasteiger partial charge on any atom is -0.459 e. The predicted molar refractivity (Wildman–Crippen MR) is 72.8 cm³/mol. The zero-order valence-corrected chi connectivity index (χ0v) is 12.0. The van der Waals surface area contributed by atoms with Crippen LogP contribution in [0.4, 0.5) is 0 Å². The summed E-state index contributed by atoms with van der Waals surface area (Å²) in [7, 11) is 1.50. The monoisotopic (exact) mass is 294 g/mol. The fraction of sp³-hybridized carbons (Fsp3) is 0.467. The molecule has 3 atom stereocenters. The Kier molecular flexibility index (Phi) is 5.30. The number of carbonyl (C=O) groups excluding carboxylic acids is 2. The fourth-order valence-electron chi connectivity index (χ4n) is 2.22. The van der Waals surface area contributed by atoms with Gasteiger partial charge in [-0.3, -0.25) is 4.79 Å². The van der Waals surface area contributed by atoms with Gasteiger partial charge in [0.25, 0.3) is 0 Å². The standard InChI is InChI=1S/C15H18O6/c1-10(16)21-13-9-19-12(14(13)18-2)8-20-15(17)11-6-4-3-5-7-11/h3-7,12-14H,8-9H2,1-2H3/t12-,13?,14?/m1/s1. The molecule has 1 aromatic carbocycles. The molecule has 1 aliphatic heterocycles. The molecule has 0 saturated carbocycles. The number of carbonyl (C=O) groups is 2. The summed E-state index contributed by atoms with van der Waals surface area (Å²) in [6, 6.07) is 8.69. The Balaban J connectivity index is 1.88. The predicted octanol–water partition coefficient (Wildman–Crippen LogP) is 1.19. The van der Waals surface area contributed by atoms with Crippen LogP contribution in [0.1, 0.15) is 17.3 Å². The molecule has 0 N–H and O–H groups in total. The van der Waals surface area contributed by atoms with Gasteiger partial charge in [-0.05, 0) is 12.1 Å². The van der Waals surface area contributed by atoms with E-state index in [1.165, 1.54) is 14.0 Å². The average Bonchev–Trinajstić information content (AvgIpc) is 2.86. The smallest absolute Gasteiger partial charge is 0.338 e. The third-order valence-electron chi connectivity index (χ3n) is 3.19. The largest absolute Gasteiger partial charge is 0.459 e. The summed E-state index contributed by atoms with van der Waals surface area (Å²) in [5, 5.41) is 0. The van der Waals surface area contributed by atoms with Crippen molar-refractivity contribution in [2.75, 3.05) is 20.3 Å². The first-order valence-electron chi connectivity index (χ1n) is 6.65. The molecular weight excluding hydrogens is 276 g/mol. The summed E-state index contributed by atoms with van der Waals surface area (Å²) < 4.78 is 21.1. The summed E-state index contributed by atoms with van der Waals surface area (Å²) in [5.41, 5.74) is 0.473. The lowest BCUT2D eigenvalue weighted by molar-refractivity contribution is -0.151. The van der Waals surface area contributed by atoms with E-state index < -0.39 is 30.3 Å². The minimum atomic E-state index is -0.479. The molecule has 1 saturated heterocycles. The van der Waals surface area contributed by atoms with Gasteiger partial charge in [0.1, 0.15) is 18.8 Å². The van der Waals surface area contributed by atoms with Gasteiger partial charge in [-0.2, -0.15) is 0 Å². The van der Waals surface area contributed by atoms with Gasteiger partial charge in [-0.25, -0.2) is 4.79 Å². The van der Waals surface area contributed by atoms with E-state index in [2.05, 4.69) is 0 Å². The van der Waals surface area contributed by atoms with Gasteiger partial charge in [0.2, 0.25) is 0 Å². The molecule has 2 unspecified atom stereocenters. The molecule has 21 heavy (non-hydrogen) atoms. The molecule has 0 aromatic heterocycles. The third-order valence-corrected chi connectivity index (χ3v) is 3.19. The molecule has 0 spiro atoms. The van der Waals surface area contributed by atoms with Crippen LogP contribution in [0.15, 0.2) is 30.3 Å². The zero-order valence-electron chi connectivity index (χ0n) is 12.0. The molecule has 114 valence electrons. The highest BCUT2D eigenvalue weighted by molar-refractivity contribution is 5.89. The minimum absolute atomic E-state index is 0.0456. The lowest BCUT2D eigenvalue weighted by atomic mass is 10.1. The van der Waals surface area contributed by atoms with Crippen LogP contribution in [0.25, 0.3) is 0 Å². The van der Waals surface area contributed by atoms with Crippen LogP contribution in [0.3, 0.4) is 0 Å². The molecule has 0 aliphatic carbocycles. The van der Waals surface area contributed by atoms with Crippen LogP contribution >= 0.6 is 0 Å². The van der Waals surface area contributed by atoms with E-state index in [1.54, 1.807) is 24.3 Å². The van der Waals surface area contributed by atoms with Crippen molar-refractivity contribution >= 4 is 11.9 Å². The van der Waals surface area contributed by atoms with Gasteiger partial charge in [-0.15, -0.1) is 0 Å². The Morgan fingerprint density at radius 1 is 1.29 bits per heavy atom. The quantitative estimate of drug-likeness (QED) is 0.760. The molecule has 0 amide bonds. The first-order chi connectivity index (χ1) is 10.1. The van der Waals surface area contributed by atoms with Gasteiger partial charge in [0, 0.05) is 14.0 Å². The Hall–Kier alpha value is -1.92. The van der Waals surface area contributed by atoms with Crippen LogP contribution in [0.5, 0.6) is 0 Å². The van der Waals surface area contributed by atoms with E-state index in [9.17, 15) is 9.59 Å². The maximum Gasteiger partial charge on any atom is 0.338 e. The van der Waals surface area contributed by atoms with Crippen LogP contribution in [0.2, 0.25) is 0 Å². The van der Waals surface area contributed by atoms with Gasteiger partial charge in [0.15, 0.2) is 6.10 Å². The summed E-state index contributed by atoms with van der Waals surface area (Å²) in [6.07, 6.45) is -1.38. The van der Waals surface area contributed by atoms with Crippen molar-refractivity contribution in [2.24, 2.45) is 0 Å². The molecule has 1 aromatic rings. The fourth-order valence-corrected chi connectivity index (χ4v) is 2.22. The van der Waals surface area contributed by atoms with Crippen molar-refractivity contribution in [3.05, 3.63) is 35.9 Å². The summed E-state index contributed by atoms with van der Waals surface area (Å²) >= 11 is 0. The summed E-state index contributed by atoms with van der Waals surface area (Å²) in [5.74, 6) is -0.822. The van der Waals surface area contributed by atoms with Gasteiger partial charge >= 0.3 is 11.9 Å². The van der Waals surface area contributed by atoms with Crippen molar-refractivity contribution in [2.45, 2.75) is 25.2 Å². The Morgan fingerprint density at radius 2 is 2.00 bits per heavy atom. The molecular formula is C15H18O6. The normalized spacial score (nSPS) is 24.6. The molecule has 1 heterocycles. The lowest BCUT2D eigenvalue weighted by Gasteiger charge is -2.20. The van der Waals surface area contributed by atoms with E-state index in [4.69, 9.17) is 18.9 Å². The van der Waals surface area contributed by atoms with Gasteiger partial charge in [-0.1, -0.05) is 18.2 Å². The number of rotatable bonds is 5. The first-order valence-corrected chi connectivity index (χ1v) is 6.65. The Morgan fingerprint density at radius 3 is 2.62 bits per heavy atom. The number of hydrogen-bond donors (Lipinski definition) is 0. The Labute approximate surface area is 122 Å².